The first-order valence-electron chi connectivity index (χ1n) is 13.4. The van der Waals surface area contributed by atoms with Crippen molar-refractivity contribution in [3.05, 3.63) is 145 Å². The van der Waals surface area contributed by atoms with Crippen LogP contribution in [-0.4, -0.2) is 0 Å². The van der Waals surface area contributed by atoms with Crippen molar-refractivity contribution in [1.29, 1.82) is 0 Å². The maximum absolute atomic E-state index is 3.54. The van der Waals surface area contributed by atoms with E-state index in [-0.39, 0.29) is 0 Å². The van der Waals surface area contributed by atoms with Crippen LogP contribution in [0.5, 0.6) is 0 Å². The molecule has 0 radical (unpaired) electrons. The summed E-state index contributed by atoms with van der Waals surface area (Å²) in [5, 5.41) is 6.14. The highest BCUT2D eigenvalue weighted by atomic mass is 32.1. The Balaban J connectivity index is 1.23. The minimum atomic E-state index is 1.07. The number of anilines is 4. The first kappa shape index (κ1) is 23.5. The summed E-state index contributed by atoms with van der Waals surface area (Å²) in [6.45, 7) is 0. The van der Waals surface area contributed by atoms with Gasteiger partial charge in [0.15, 0.2) is 0 Å². The summed E-state index contributed by atoms with van der Waals surface area (Å²) in [5.74, 6) is 0. The molecule has 2 nitrogen and oxygen atoms in total. The second-order valence-electron chi connectivity index (χ2n) is 9.84. The summed E-state index contributed by atoms with van der Waals surface area (Å²) in [6.07, 6.45) is 9.01. The summed E-state index contributed by atoms with van der Waals surface area (Å²) in [7, 11) is 0. The zero-order valence-corrected chi connectivity index (χ0v) is 22.4. The fourth-order valence-electron chi connectivity index (χ4n) is 5.32. The van der Waals surface area contributed by atoms with Crippen LogP contribution in [0.2, 0.25) is 0 Å². The van der Waals surface area contributed by atoms with Gasteiger partial charge in [0.2, 0.25) is 0 Å². The quantitative estimate of drug-likeness (QED) is 0.235. The number of allylic oxidation sites excluding steroid dienone is 3. The Bertz CT molecular complexity index is 1810. The van der Waals surface area contributed by atoms with Gasteiger partial charge in [-0.05, 0) is 96.8 Å². The Kier molecular flexibility index (Phi) is 6.20. The van der Waals surface area contributed by atoms with Gasteiger partial charge in [0.25, 0.3) is 0 Å². The molecule has 188 valence electrons. The van der Waals surface area contributed by atoms with E-state index in [0.717, 1.165) is 24.2 Å². The lowest BCUT2D eigenvalue weighted by atomic mass is 10.0. The summed E-state index contributed by atoms with van der Waals surface area (Å²) in [4.78, 5) is 2.34. The second-order valence-corrected chi connectivity index (χ2v) is 10.9. The molecule has 1 aliphatic rings. The van der Waals surface area contributed by atoms with Crippen molar-refractivity contribution in [3.8, 4) is 11.1 Å². The van der Waals surface area contributed by atoms with E-state index in [4.69, 9.17) is 0 Å². The number of para-hydroxylation sites is 2. The number of rotatable bonds is 6. The van der Waals surface area contributed by atoms with Crippen LogP contribution in [0.15, 0.2) is 145 Å². The first-order valence-corrected chi connectivity index (χ1v) is 14.2. The molecule has 1 heterocycles. The zero-order chi connectivity index (χ0) is 26.0. The molecule has 0 amide bonds. The fourth-order valence-corrected chi connectivity index (χ4v) is 6.38. The molecule has 3 heteroatoms. The van der Waals surface area contributed by atoms with E-state index in [9.17, 15) is 0 Å². The smallest absolute Gasteiger partial charge is 0.0461 e. The molecular formula is C36H28N2S. The van der Waals surface area contributed by atoms with Gasteiger partial charge in [-0.1, -0.05) is 66.7 Å². The molecule has 0 unspecified atom stereocenters. The molecule has 0 bridgehead atoms. The van der Waals surface area contributed by atoms with Crippen LogP contribution in [0.25, 0.3) is 31.3 Å². The standard InChI is InChI=1S/C36H28N2S/c1-4-10-28(11-5-1)37-29-19-23-36-34(25-29)33-24-27(18-22-35(33)39-36)26-16-20-32(21-17-26)38(30-12-6-2-7-13-30)31-14-8-3-9-15-31/h1-2,4-8,10-25,37H,3,9H2. The van der Waals surface area contributed by atoms with E-state index in [1.54, 1.807) is 0 Å². The summed E-state index contributed by atoms with van der Waals surface area (Å²) in [5.41, 5.74) is 8.23. The number of thiophene rings is 1. The van der Waals surface area contributed by atoms with Gasteiger partial charge < -0.3 is 10.2 Å². The number of hydrogen-bond acceptors (Lipinski definition) is 3. The van der Waals surface area contributed by atoms with Crippen LogP contribution in [0.4, 0.5) is 22.7 Å². The van der Waals surface area contributed by atoms with E-state index >= 15 is 0 Å². The Labute approximate surface area is 233 Å². The van der Waals surface area contributed by atoms with Gasteiger partial charge in [0.1, 0.15) is 0 Å². The molecular weight excluding hydrogens is 492 g/mol. The van der Waals surface area contributed by atoms with Gasteiger partial charge in [0, 0.05) is 48.6 Å². The highest BCUT2D eigenvalue weighted by molar-refractivity contribution is 7.25. The van der Waals surface area contributed by atoms with E-state index in [1.165, 1.54) is 48.4 Å². The van der Waals surface area contributed by atoms with E-state index < -0.39 is 0 Å². The first-order chi connectivity index (χ1) is 19.3. The molecule has 1 aromatic heterocycles. The minimum Gasteiger partial charge on any atom is -0.356 e. The van der Waals surface area contributed by atoms with Crippen LogP contribution in [0.1, 0.15) is 12.8 Å². The topological polar surface area (TPSA) is 15.3 Å². The van der Waals surface area contributed by atoms with Gasteiger partial charge in [-0.15, -0.1) is 11.3 Å². The van der Waals surface area contributed by atoms with Crippen molar-refractivity contribution in [3.63, 3.8) is 0 Å². The molecule has 39 heavy (non-hydrogen) atoms. The van der Waals surface area contributed by atoms with Crippen molar-refractivity contribution in [2.75, 3.05) is 10.2 Å². The van der Waals surface area contributed by atoms with Crippen molar-refractivity contribution in [1.82, 2.24) is 0 Å². The number of fused-ring (bicyclic) bond motifs is 3. The lowest BCUT2D eigenvalue weighted by molar-refractivity contribution is 0.997. The molecule has 0 atom stereocenters. The lowest BCUT2D eigenvalue weighted by Gasteiger charge is -2.27. The number of nitrogens with zero attached hydrogens (tertiary/aromatic N) is 1. The van der Waals surface area contributed by atoms with E-state index in [1.807, 2.05) is 17.4 Å². The number of nitrogens with one attached hydrogen (secondary N) is 1. The van der Waals surface area contributed by atoms with Gasteiger partial charge in [-0.2, -0.15) is 0 Å². The number of hydrogen-bond donors (Lipinski definition) is 1. The Hall–Kier alpha value is -4.60. The molecule has 1 aliphatic carbocycles. The van der Waals surface area contributed by atoms with Crippen molar-refractivity contribution in [2.24, 2.45) is 0 Å². The van der Waals surface area contributed by atoms with Crippen molar-refractivity contribution in [2.45, 2.75) is 12.8 Å². The van der Waals surface area contributed by atoms with Crippen molar-refractivity contribution < 1.29 is 0 Å². The Morgan fingerprint density at radius 1 is 0.564 bits per heavy atom. The average molecular weight is 521 g/mol. The van der Waals surface area contributed by atoms with E-state index in [2.05, 4.69) is 144 Å². The molecule has 7 rings (SSSR count). The number of benzene rings is 5. The zero-order valence-electron chi connectivity index (χ0n) is 21.5. The van der Waals surface area contributed by atoms with Gasteiger partial charge in [-0.3, -0.25) is 0 Å². The second kappa shape index (κ2) is 10.3. The molecule has 0 aliphatic heterocycles. The van der Waals surface area contributed by atoms with Gasteiger partial charge >= 0.3 is 0 Å². The Morgan fingerprint density at radius 2 is 1.23 bits per heavy atom. The normalized spacial score (nSPS) is 13.0. The summed E-state index contributed by atoms with van der Waals surface area (Å²) < 4.78 is 2.62. The predicted octanol–water partition coefficient (Wildman–Crippen LogP) is 10.8. The minimum absolute atomic E-state index is 1.07. The summed E-state index contributed by atoms with van der Waals surface area (Å²) >= 11 is 1.85. The largest absolute Gasteiger partial charge is 0.356 e. The summed E-state index contributed by atoms with van der Waals surface area (Å²) in [6, 6.07) is 43.5. The third kappa shape index (κ3) is 4.73. The van der Waals surface area contributed by atoms with Gasteiger partial charge in [-0.25, -0.2) is 0 Å². The monoisotopic (exact) mass is 520 g/mol. The maximum Gasteiger partial charge on any atom is 0.0461 e. The average Bonchev–Trinajstić information content (AvgIpc) is 3.37. The van der Waals surface area contributed by atoms with Crippen molar-refractivity contribution >= 4 is 54.3 Å². The van der Waals surface area contributed by atoms with Crippen LogP contribution in [0, 0.1) is 0 Å². The van der Waals surface area contributed by atoms with Crippen LogP contribution in [-0.2, 0) is 0 Å². The fraction of sp³-hybridized carbons (Fsp3) is 0.0556. The highest BCUT2D eigenvalue weighted by Gasteiger charge is 2.15. The molecule has 0 saturated carbocycles. The van der Waals surface area contributed by atoms with Crippen LogP contribution < -0.4 is 10.2 Å². The van der Waals surface area contributed by atoms with Gasteiger partial charge in [0.05, 0.1) is 0 Å². The maximum atomic E-state index is 3.54. The SMILES string of the molecule is C1=CC(N(c2ccccc2)c2ccc(-c3ccc4sc5ccc(Nc6ccccc6)cc5c4c3)cc2)=CCC1. The van der Waals surface area contributed by atoms with Crippen LogP contribution >= 0.6 is 11.3 Å². The third-order valence-corrected chi connectivity index (χ3v) is 8.39. The third-order valence-electron chi connectivity index (χ3n) is 7.24. The molecule has 1 N–H and O–H groups in total. The predicted molar refractivity (Wildman–Crippen MR) is 170 cm³/mol. The molecule has 0 saturated heterocycles. The Morgan fingerprint density at radius 3 is 1.97 bits per heavy atom. The molecule has 0 spiro atoms. The highest BCUT2D eigenvalue weighted by Crippen LogP contribution is 2.39. The van der Waals surface area contributed by atoms with E-state index in [0.29, 0.717) is 0 Å². The molecule has 5 aromatic carbocycles. The molecule has 0 fully saturated rings. The lowest BCUT2D eigenvalue weighted by Crippen LogP contribution is -2.16. The van der Waals surface area contributed by atoms with Crippen LogP contribution in [0.3, 0.4) is 0 Å². The molecule has 6 aromatic rings.